The maximum atomic E-state index is 12.7. The molecule has 3 atom stereocenters. The van der Waals surface area contributed by atoms with Crippen molar-refractivity contribution in [2.45, 2.75) is 18.3 Å². The molecule has 0 spiro atoms. The van der Waals surface area contributed by atoms with Crippen LogP contribution in [0.5, 0.6) is 5.75 Å². The lowest BCUT2D eigenvalue weighted by atomic mass is 10.1. The Bertz CT molecular complexity index is 1100. The molecule has 0 aromatic heterocycles. The first-order valence-corrected chi connectivity index (χ1v) is 11.2. The van der Waals surface area contributed by atoms with Crippen molar-refractivity contribution in [1.82, 2.24) is 20.5 Å². The van der Waals surface area contributed by atoms with Crippen molar-refractivity contribution in [3.05, 3.63) is 60.2 Å². The number of nitrogens with zero attached hydrogens (tertiary/aromatic N) is 5. The Labute approximate surface area is 203 Å². The minimum absolute atomic E-state index is 0.0169. The molecule has 2 aliphatic rings. The molecular formula is C24H29N7O4. The number of aliphatic imine (C=N–C) groups is 1. The minimum atomic E-state index is -0.931. The number of hydrogen-bond acceptors (Lipinski definition) is 9. The number of hydrogen-bond donors (Lipinski definition) is 3. The van der Waals surface area contributed by atoms with Gasteiger partial charge in [-0.3, -0.25) is 10.1 Å². The van der Waals surface area contributed by atoms with E-state index in [1.54, 1.807) is 30.3 Å². The first-order chi connectivity index (χ1) is 16.8. The van der Waals surface area contributed by atoms with Crippen LogP contribution in [0.15, 0.2) is 64.7 Å². The van der Waals surface area contributed by atoms with Crippen LogP contribution in [-0.2, 0) is 4.79 Å². The van der Waals surface area contributed by atoms with Crippen LogP contribution < -0.4 is 20.4 Å². The molecule has 2 aromatic carbocycles. The molecule has 3 unspecified atom stereocenters. The lowest BCUT2D eigenvalue weighted by Crippen LogP contribution is -2.64. The molecular weight excluding hydrogens is 450 g/mol. The molecule has 2 aliphatic heterocycles. The number of ether oxygens (including phenoxy) is 1. The van der Waals surface area contributed by atoms with Gasteiger partial charge in [0.05, 0.1) is 12.8 Å². The monoisotopic (exact) mass is 479 g/mol. The van der Waals surface area contributed by atoms with Crippen LogP contribution >= 0.6 is 0 Å². The average molecular weight is 480 g/mol. The number of β-amino-alcohol motifs (C(OH)–C–C–N with tert-alkyl or cyclic N) is 1. The molecule has 1 fully saturated rings. The Kier molecular flexibility index (Phi) is 7.16. The SMILES string of the molecule is CN(C)c1ccc(/C=N\NC2=NC3C(C(=O)NC(=O)N3C)N2CC(O)COc2ccccc2)cc1. The molecule has 2 heterocycles. The highest BCUT2D eigenvalue weighted by molar-refractivity contribution is 6.03. The topological polar surface area (TPSA) is 122 Å². The van der Waals surface area contributed by atoms with E-state index in [1.807, 2.05) is 61.5 Å². The van der Waals surface area contributed by atoms with Gasteiger partial charge >= 0.3 is 6.03 Å². The fraction of sp³-hybridized carbons (Fsp3) is 0.333. The molecule has 0 radical (unpaired) electrons. The van der Waals surface area contributed by atoms with Gasteiger partial charge in [0.1, 0.15) is 18.5 Å². The Hall–Kier alpha value is -4.12. The molecule has 4 rings (SSSR count). The number of likely N-dealkylation sites (N-methyl/N-ethyl adjacent to an activating group) is 1. The Morgan fingerprint density at radius 3 is 2.60 bits per heavy atom. The van der Waals surface area contributed by atoms with Crippen LogP contribution in [0.25, 0.3) is 0 Å². The molecule has 0 saturated carbocycles. The number of carbonyl (C=O) groups is 2. The molecule has 3 N–H and O–H groups in total. The molecule has 11 nitrogen and oxygen atoms in total. The number of urea groups is 1. The first-order valence-electron chi connectivity index (χ1n) is 11.2. The van der Waals surface area contributed by atoms with Crippen molar-refractivity contribution in [3.8, 4) is 5.75 Å². The first kappa shape index (κ1) is 24.0. The van der Waals surface area contributed by atoms with Crippen LogP contribution in [0.1, 0.15) is 5.56 Å². The predicted molar refractivity (Wildman–Crippen MR) is 132 cm³/mol. The van der Waals surface area contributed by atoms with Gasteiger partial charge in [0, 0.05) is 26.8 Å². The number of aliphatic hydroxyl groups excluding tert-OH is 1. The summed E-state index contributed by atoms with van der Waals surface area (Å²) in [5, 5.41) is 17.2. The number of rotatable bonds is 8. The van der Waals surface area contributed by atoms with Crippen molar-refractivity contribution in [1.29, 1.82) is 0 Å². The summed E-state index contributed by atoms with van der Waals surface area (Å²) in [6, 6.07) is 15.6. The fourth-order valence-electron chi connectivity index (χ4n) is 3.83. The summed E-state index contributed by atoms with van der Waals surface area (Å²) in [5.41, 5.74) is 4.81. The number of aliphatic hydroxyl groups is 1. The maximum Gasteiger partial charge on any atom is 0.325 e. The van der Waals surface area contributed by atoms with E-state index in [4.69, 9.17) is 4.74 Å². The van der Waals surface area contributed by atoms with Gasteiger partial charge in [-0.1, -0.05) is 30.3 Å². The average Bonchev–Trinajstić information content (AvgIpc) is 3.21. The van der Waals surface area contributed by atoms with Gasteiger partial charge in [0.2, 0.25) is 5.96 Å². The summed E-state index contributed by atoms with van der Waals surface area (Å²) in [6.45, 7) is 0.0609. The number of guanidine groups is 1. The number of para-hydroxylation sites is 1. The molecule has 0 bridgehead atoms. The minimum Gasteiger partial charge on any atom is -0.491 e. The van der Waals surface area contributed by atoms with Crippen LogP contribution in [0.4, 0.5) is 10.5 Å². The second-order valence-corrected chi connectivity index (χ2v) is 8.50. The van der Waals surface area contributed by atoms with E-state index in [9.17, 15) is 14.7 Å². The molecule has 0 aliphatic carbocycles. The third-order valence-corrected chi connectivity index (χ3v) is 5.74. The Morgan fingerprint density at radius 2 is 1.91 bits per heavy atom. The second-order valence-electron chi connectivity index (χ2n) is 8.50. The van der Waals surface area contributed by atoms with Crippen LogP contribution in [0.3, 0.4) is 0 Å². The standard InChI is InChI=1S/C24H29N7O4/c1-29(2)17-11-9-16(10-12-17)13-25-28-23-26-21-20(22(33)27-24(34)30(21)3)31(23)14-18(32)15-35-19-7-5-4-6-8-19/h4-13,18,20-21,32H,14-15H2,1-3H3,(H,26,28)(H,27,33,34)/b25-13-. The summed E-state index contributed by atoms with van der Waals surface area (Å²) in [4.78, 5) is 34.2. The number of imide groups is 1. The van der Waals surface area contributed by atoms with Crippen molar-refractivity contribution < 1.29 is 19.4 Å². The molecule has 2 aromatic rings. The quantitative estimate of drug-likeness (QED) is 0.376. The zero-order valence-electron chi connectivity index (χ0n) is 19.8. The van der Waals surface area contributed by atoms with Gasteiger partial charge in [0.15, 0.2) is 12.2 Å². The Balaban J connectivity index is 1.47. The third kappa shape index (κ3) is 5.52. The van der Waals surface area contributed by atoms with Crippen LogP contribution in [-0.4, -0.2) is 91.6 Å². The number of carbonyl (C=O) groups excluding carboxylic acids is 2. The highest BCUT2D eigenvalue weighted by Crippen LogP contribution is 2.24. The van der Waals surface area contributed by atoms with E-state index < -0.39 is 30.2 Å². The number of anilines is 1. The second kappa shape index (κ2) is 10.4. The van der Waals surface area contributed by atoms with Gasteiger partial charge in [-0.25, -0.2) is 15.2 Å². The summed E-state index contributed by atoms with van der Waals surface area (Å²) in [5.74, 6) is 0.415. The summed E-state index contributed by atoms with van der Waals surface area (Å²) in [6.07, 6.45) is -0.0405. The van der Waals surface area contributed by atoms with Crippen molar-refractivity contribution >= 4 is 29.8 Å². The number of fused-ring (bicyclic) bond motifs is 1. The van der Waals surface area contributed by atoms with Crippen LogP contribution in [0, 0.1) is 0 Å². The number of amides is 3. The van der Waals surface area contributed by atoms with Gasteiger partial charge in [-0.2, -0.15) is 5.10 Å². The lowest BCUT2D eigenvalue weighted by Gasteiger charge is -2.36. The van der Waals surface area contributed by atoms with E-state index in [0.717, 1.165) is 11.3 Å². The van der Waals surface area contributed by atoms with Gasteiger partial charge in [-0.15, -0.1) is 0 Å². The van der Waals surface area contributed by atoms with Gasteiger partial charge in [0.25, 0.3) is 5.91 Å². The Morgan fingerprint density at radius 1 is 1.20 bits per heavy atom. The zero-order valence-corrected chi connectivity index (χ0v) is 19.8. The zero-order chi connectivity index (χ0) is 24.9. The maximum absolute atomic E-state index is 12.7. The largest absolute Gasteiger partial charge is 0.491 e. The summed E-state index contributed by atoms with van der Waals surface area (Å²) >= 11 is 0. The summed E-state index contributed by atoms with van der Waals surface area (Å²) < 4.78 is 5.64. The van der Waals surface area contributed by atoms with Crippen molar-refractivity contribution in [2.24, 2.45) is 10.1 Å². The smallest absolute Gasteiger partial charge is 0.325 e. The number of hydrazone groups is 1. The third-order valence-electron chi connectivity index (χ3n) is 5.74. The van der Waals surface area contributed by atoms with Gasteiger partial charge < -0.3 is 24.5 Å². The van der Waals surface area contributed by atoms with Gasteiger partial charge in [-0.05, 0) is 29.8 Å². The van der Waals surface area contributed by atoms with E-state index >= 15 is 0 Å². The fourth-order valence-corrected chi connectivity index (χ4v) is 3.83. The summed E-state index contributed by atoms with van der Waals surface area (Å²) in [7, 11) is 5.50. The predicted octanol–water partition coefficient (Wildman–Crippen LogP) is 0.664. The molecule has 184 valence electrons. The normalized spacial score (nSPS) is 20.4. The van der Waals surface area contributed by atoms with E-state index in [-0.39, 0.29) is 19.1 Å². The molecule has 3 amide bonds. The highest BCUT2D eigenvalue weighted by atomic mass is 16.5. The van der Waals surface area contributed by atoms with E-state index in [0.29, 0.717) is 5.75 Å². The van der Waals surface area contributed by atoms with E-state index in [1.165, 1.54) is 4.90 Å². The molecule has 1 saturated heterocycles. The molecule has 11 heteroatoms. The van der Waals surface area contributed by atoms with Crippen LogP contribution in [0.2, 0.25) is 0 Å². The number of nitrogens with one attached hydrogen (secondary N) is 2. The highest BCUT2D eigenvalue weighted by Gasteiger charge is 2.49. The van der Waals surface area contributed by atoms with Crippen molar-refractivity contribution in [3.63, 3.8) is 0 Å². The number of benzene rings is 2. The lowest BCUT2D eigenvalue weighted by molar-refractivity contribution is -0.127. The van der Waals surface area contributed by atoms with E-state index in [2.05, 4.69) is 20.8 Å². The molecule has 35 heavy (non-hydrogen) atoms. The van der Waals surface area contributed by atoms with Crippen molar-refractivity contribution in [2.75, 3.05) is 39.2 Å².